The zero-order valence-corrected chi connectivity index (χ0v) is 13.7. The summed E-state index contributed by atoms with van der Waals surface area (Å²) in [5.74, 6) is 0. The fraction of sp³-hybridized carbons (Fsp3) is 0.625. The molecular weight excluding hydrogens is 284 g/mol. The number of piperidine rings is 1. The Morgan fingerprint density at radius 3 is 2.19 bits per heavy atom. The van der Waals surface area contributed by atoms with Crippen LogP contribution >= 0.6 is 12.4 Å². The lowest BCUT2D eigenvalue weighted by molar-refractivity contribution is 0.313. The highest BCUT2D eigenvalue weighted by Crippen LogP contribution is 2.31. The van der Waals surface area contributed by atoms with Gasteiger partial charge in [0.15, 0.2) is 0 Å². The van der Waals surface area contributed by atoms with E-state index in [1.54, 1.807) is 0 Å². The van der Waals surface area contributed by atoms with Crippen molar-refractivity contribution in [2.45, 2.75) is 19.3 Å². The quantitative estimate of drug-likeness (QED) is 0.851. The molecule has 0 atom stereocenters. The van der Waals surface area contributed by atoms with Gasteiger partial charge in [-0.05, 0) is 44.5 Å². The van der Waals surface area contributed by atoms with Crippen LogP contribution in [-0.4, -0.2) is 51.2 Å². The zero-order chi connectivity index (χ0) is 13.9. The fourth-order valence-electron chi connectivity index (χ4n) is 3.20. The minimum Gasteiger partial charge on any atom is -0.397 e. The molecule has 0 unspecified atom stereocenters. The summed E-state index contributed by atoms with van der Waals surface area (Å²) in [6.45, 7) is 6.80. The maximum Gasteiger partial charge on any atom is 0.0620 e. The number of hydrogen-bond donors (Lipinski definition) is 1. The number of likely N-dealkylation sites (N-methyl/N-ethyl adjacent to an activating group) is 1. The second-order valence-electron chi connectivity index (χ2n) is 6.08. The van der Waals surface area contributed by atoms with Gasteiger partial charge in [-0.15, -0.1) is 12.4 Å². The molecular formula is C16H27ClN4. The van der Waals surface area contributed by atoms with Gasteiger partial charge in [-0.1, -0.05) is 0 Å². The molecule has 0 saturated carbocycles. The van der Waals surface area contributed by atoms with Crippen LogP contribution in [0.2, 0.25) is 0 Å². The van der Waals surface area contributed by atoms with E-state index in [1.807, 2.05) is 0 Å². The summed E-state index contributed by atoms with van der Waals surface area (Å²) in [4.78, 5) is 7.32. The molecule has 0 aromatic heterocycles. The van der Waals surface area contributed by atoms with E-state index in [2.05, 4.69) is 39.9 Å². The molecule has 0 spiro atoms. The highest BCUT2D eigenvalue weighted by atomic mass is 35.5. The predicted octanol–water partition coefficient (Wildman–Crippen LogP) is 2.43. The molecule has 2 heterocycles. The van der Waals surface area contributed by atoms with E-state index in [9.17, 15) is 0 Å². The molecule has 0 aliphatic carbocycles. The van der Waals surface area contributed by atoms with Gasteiger partial charge >= 0.3 is 0 Å². The standard InChI is InChI=1S/C16H26N4.ClH/c1-18-9-11-19(12-10-18)14-5-6-15(17)16(13-14)20-7-3-2-4-8-20;/h5-6,13H,2-4,7-12,17H2,1H3;1H. The average molecular weight is 311 g/mol. The van der Waals surface area contributed by atoms with E-state index in [0.717, 1.165) is 45.0 Å². The normalized spacial score (nSPS) is 20.2. The summed E-state index contributed by atoms with van der Waals surface area (Å²) in [7, 11) is 2.19. The second-order valence-corrected chi connectivity index (χ2v) is 6.08. The number of nitrogens with two attached hydrogens (primary N) is 1. The van der Waals surface area contributed by atoms with Crippen LogP contribution in [0.25, 0.3) is 0 Å². The molecule has 2 fully saturated rings. The van der Waals surface area contributed by atoms with E-state index in [-0.39, 0.29) is 12.4 Å². The predicted molar refractivity (Wildman–Crippen MR) is 93.9 cm³/mol. The van der Waals surface area contributed by atoms with Gasteiger partial charge in [0.05, 0.1) is 11.4 Å². The van der Waals surface area contributed by atoms with E-state index in [1.165, 1.54) is 30.6 Å². The number of benzene rings is 1. The van der Waals surface area contributed by atoms with Crippen LogP contribution in [0, 0.1) is 0 Å². The summed E-state index contributed by atoms with van der Waals surface area (Å²) in [6, 6.07) is 6.55. The minimum atomic E-state index is 0. The zero-order valence-electron chi connectivity index (χ0n) is 12.9. The minimum absolute atomic E-state index is 0. The summed E-state index contributed by atoms with van der Waals surface area (Å²) in [5, 5.41) is 0. The van der Waals surface area contributed by atoms with Crippen molar-refractivity contribution in [1.82, 2.24) is 4.90 Å². The van der Waals surface area contributed by atoms with Crippen LogP contribution in [-0.2, 0) is 0 Å². The van der Waals surface area contributed by atoms with E-state index >= 15 is 0 Å². The number of halogens is 1. The monoisotopic (exact) mass is 310 g/mol. The highest BCUT2D eigenvalue weighted by molar-refractivity contribution is 5.85. The van der Waals surface area contributed by atoms with Crippen molar-refractivity contribution in [3.8, 4) is 0 Å². The first-order valence-electron chi connectivity index (χ1n) is 7.82. The van der Waals surface area contributed by atoms with Crippen molar-refractivity contribution < 1.29 is 0 Å². The summed E-state index contributed by atoms with van der Waals surface area (Å²) in [6.07, 6.45) is 3.94. The van der Waals surface area contributed by atoms with Gasteiger partial charge in [0.1, 0.15) is 0 Å². The summed E-state index contributed by atoms with van der Waals surface area (Å²) < 4.78 is 0. The lowest BCUT2D eigenvalue weighted by Gasteiger charge is -2.35. The first-order chi connectivity index (χ1) is 9.74. The van der Waals surface area contributed by atoms with Gasteiger partial charge in [0.25, 0.3) is 0 Å². The summed E-state index contributed by atoms with van der Waals surface area (Å²) in [5.41, 5.74) is 9.69. The Morgan fingerprint density at radius 2 is 1.52 bits per heavy atom. The number of nitrogens with zero attached hydrogens (tertiary/aromatic N) is 3. The van der Waals surface area contributed by atoms with Crippen LogP contribution in [0.5, 0.6) is 0 Å². The maximum atomic E-state index is 6.20. The van der Waals surface area contributed by atoms with Crippen LogP contribution in [0.3, 0.4) is 0 Å². The van der Waals surface area contributed by atoms with Crippen LogP contribution in [0.4, 0.5) is 17.1 Å². The molecule has 0 amide bonds. The molecule has 5 heteroatoms. The molecule has 3 rings (SSSR count). The molecule has 0 radical (unpaired) electrons. The Labute approximate surface area is 134 Å². The van der Waals surface area contributed by atoms with Crippen molar-refractivity contribution >= 4 is 29.5 Å². The first-order valence-corrected chi connectivity index (χ1v) is 7.82. The third-order valence-electron chi connectivity index (χ3n) is 4.58. The third kappa shape index (κ3) is 3.74. The van der Waals surface area contributed by atoms with Gasteiger partial charge in [-0.3, -0.25) is 0 Å². The number of anilines is 3. The van der Waals surface area contributed by atoms with Crippen molar-refractivity contribution in [2.24, 2.45) is 0 Å². The van der Waals surface area contributed by atoms with Crippen molar-refractivity contribution in [1.29, 1.82) is 0 Å². The van der Waals surface area contributed by atoms with Gasteiger partial charge < -0.3 is 20.4 Å². The van der Waals surface area contributed by atoms with Crippen molar-refractivity contribution in [3.63, 3.8) is 0 Å². The molecule has 2 saturated heterocycles. The molecule has 2 aliphatic rings. The Hall–Kier alpha value is -1.13. The molecule has 1 aromatic carbocycles. The Balaban J connectivity index is 0.00000161. The lowest BCUT2D eigenvalue weighted by Crippen LogP contribution is -2.44. The third-order valence-corrected chi connectivity index (χ3v) is 4.58. The Kier molecular flexibility index (Phi) is 5.59. The Morgan fingerprint density at radius 1 is 0.857 bits per heavy atom. The first kappa shape index (κ1) is 16.2. The van der Waals surface area contributed by atoms with E-state index in [0.29, 0.717) is 0 Å². The van der Waals surface area contributed by atoms with E-state index in [4.69, 9.17) is 5.73 Å². The van der Waals surface area contributed by atoms with Gasteiger partial charge in [-0.25, -0.2) is 0 Å². The lowest BCUT2D eigenvalue weighted by atomic mass is 10.1. The van der Waals surface area contributed by atoms with Crippen LogP contribution in [0.15, 0.2) is 18.2 Å². The molecule has 2 N–H and O–H groups in total. The number of piperazine rings is 1. The molecule has 21 heavy (non-hydrogen) atoms. The Bertz CT molecular complexity index is 452. The number of nitrogen functional groups attached to an aromatic ring is 1. The van der Waals surface area contributed by atoms with Gasteiger partial charge in [-0.2, -0.15) is 0 Å². The molecule has 2 aliphatic heterocycles. The van der Waals surface area contributed by atoms with Crippen LogP contribution in [0.1, 0.15) is 19.3 Å². The number of rotatable bonds is 2. The molecule has 1 aromatic rings. The number of hydrogen-bond acceptors (Lipinski definition) is 4. The van der Waals surface area contributed by atoms with E-state index < -0.39 is 0 Å². The highest BCUT2D eigenvalue weighted by Gasteiger charge is 2.18. The smallest absolute Gasteiger partial charge is 0.0620 e. The molecule has 4 nitrogen and oxygen atoms in total. The largest absolute Gasteiger partial charge is 0.397 e. The fourth-order valence-corrected chi connectivity index (χ4v) is 3.20. The second kappa shape index (κ2) is 7.23. The summed E-state index contributed by atoms with van der Waals surface area (Å²) >= 11 is 0. The average Bonchev–Trinajstić information content (AvgIpc) is 2.50. The maximum absolute atomic E-state index is 6.20. The van der Waals surface area contributed by atoms with Gasteiger partial charge in [0.2, 0.25) is 0 Å². The SMILES string of the molecule is CN1CCN(c2ccc(N)c(N3CCCCC3)c2)CC1.Cl. The topological polar surface area (TPSA) is 35.7 Å². The molecule has 118 valence electrons. The van der Waals surface area contributed by atoms with Crippen LogP contribution < -0.4 is 15.5 Å². The molecule has 0 bridgehead atoms. The van der Waals surface area contributed by atoms with Gasteiger partial charge in [0, 0.05) is 45.0 Å². The van der Waals surface area contributed by atoms with Crippen molar-refractivity contribution in [3.05, 3.63) is 18.2 Å². The van der Waals surface area contributed by atoms with Crippen molar-refractivity contribution in [2.75, 3.05) is 61.8 Å².